The first-order valence-corrected chi connectivity index (χ1v) is 6.27. The van der Waals surface area contributed by atoms with E-state index in [-0.39, 0.29) is 11.6 Å². The van der Waals surface area contributed by atoms with Crippen molar-refractivity contribution in [2.24, 2.45) is 0 Å². The van der Waals surface area contributed by atoms with Crippen molar-refractivity contribution in [3.8, 4) is 0 Å². The van der Waals surface area contributed by atoms with Gasteiger partial charge in [-0.05, 0) is 63.2 Å². The Kier molecular flexibility index (Phi) is 4.26. The van der Waals surface area contributed by atoms with Crippen molar-refractivity contribution >= 4 is 5.78 Å². The van der Waals surface area contributed by atoms with Gasteiger partial charge in [0.1, 0.15) is 5.82 Å². The van der Waals surface area contributed by atoms with E-state index in [0.29, 0.717) is 12.0 Å². The summed E-state index contributed by atoms with van der Waals surface area (Å²) in [6.07, 6.45) is 4.02. The summed E-state index contributed by atoms with van der Waals surface area (Å²) >= 11 is 0. The van der Waals surface area contributed by atoms with Crippen LogP contribution in [-0.2, 0) is 0 Å². The first kappa shape index (κ1) is 12.2. The maximum atomic E-state index is 12.7. The second kappa shape index (κ2) is 5.92. The molecule has 0 aliphatic carbocycles. The predicted molar refractivity (Wildman–Crippen MR) is 65.6 cm³/mol. The van der Waals surface area contributed by atoms with Crippen LogP contribution in [0.15, 0.2) is 24.3 Å². The number of rotatable bonds is 5. The van der Waals surface area contributed by atoms with E-state index in [2.05, 4.69) is 4.90 Å². The number of carbonyl (C=O) groups is 1. The van der Waals surface area contributed by atoms with E-state index in [1.807, 2.05) is 0 Å². The van der Waals surface area contributed by atoms with Crippen molar-refractivity contribution < 1.29 is 9.18 Å². The number of halogens is 1. The van der Waals surface area contributed by atoms with Crippen molar-refractivity contribution in [2.45, 2.75) is 25.7 Å². The van der Waals surface area contributed by atoms with Crippen molar-refractivity contribution in [2.75, 3.05) is 19.6 Å². The van der Waals surface area contributed by atoms with Gasteiger partial charge in [0, 0.05) is 12.0 Å². The van der Waals surface area contributed by atoms with Crippen molar-refractivity contribution in [3.05, 3.63) is 35.6 Å². The number of hydrogen-bond acceptors (Lipinski definition) is 2. The Balaban J connectivity index is 1.75. The average Bonchev–Trinajstić information content (AvgIpc) is 2.83. The Morgan fingerprint density at radius 1 is 1.18 bits per heavy atom. The summed E-state index contributed by atoms with van der Waals surface area (Å²) in [5.41, 5.74) is 0.618. The molecule has 0 spiro atoms. The van der Waals surface area contributed by atoms with Gasteiger partial charge in [-0.15, -0.1) is 0 Å². The van der Waals surface area contributed by atoms with E-state index in [0.717, 1.165) is 13.0 Å². The molecule has 3 heteroatoms. The molecule has 17 heavy (non-hydrogen) atoms. The van der Waals surface area contributed by atoms with E-state index >= 15 is 0 Å². The SMILES string of the molecule is O=C(CCCN1CCCC1)c1ccc(F)cc1. The minimum atomic E-state index is -0.293. The van der Waals surface area contributed by atoms with E-state index in [4.69, 9.17) is 0 Å². The van der Waals surface area contributed by atoms with Crippen LogP contribution in [0.25, 0.3) is 0 Å². The molecule has 1 heterocycles. The third kappa shape index (κ3) is 3.63. The third-order valence-corrected chi connectivity index (χ3v) is 3.24. The molecule has 0 radical (unpaired) electrons. The molecule has 2 nitrogen and oxygen atoms in total. The second-order valence-corrected chi connectivity index (χ2v) is 4.58. The summed E-state index contributed by atoms with van der Waals surface area (Å²) in [6.45, 7) is 3.35. The van der Waals surface area contributed by atoms with Gasteiger partial charge in [-0.1, -0.05) is 0 Å². The van der Waals surface area contributed by atoms with Gasteiger partial charge < -0.3 is 4.90 Å². The van der Waals surface area contributed by atoms with Crippen LogP contribution in [0.3, 0.4) is 0 Å². The molecule has 0 N–H and O–H groups in total. The lowest BCUT2D eigenvalue weighted by Crippen LogP contribution is -2.21. The fourth-order valence-corrected chi connectivity index (χ4v) is 2.25. The standard InChI is InChI=1S/C14H18FNO/c15-13-7-5-12(6-8-13)14(17)4-3-11-16-9-1-2-10-16/h5-8H,1-4,9-11H2. The average molecular weight is 235 g/mol. The predicted octanol–water partition coefficient (Wildman–Crippen LogP) is 2.88. The largest absolute Gasteiger partial charge is 0.303 e. The molecule has 1 saturated heterocycles. The summed E-state index contributed by atoms with van der Waals surface area (Å²) in [6, 6.07) is 5.81. The van der Waals surface area contributed by atoms with E-state index < -0.39 is 0 Å². The zero-order valence-electron chi connectivity index (χ0n) is 9.99. The highest BCUT2D eigenvalue weighted by molar-refractivity contribution is 5.95. The van der Waals surface area contributed by atoms with Crippen LogP contribution in [0.5, 0.6) is 0 Å². The number of ketones is 1. The molecule has 0 bridgehead atoms. The number of likely N-dealkylation sites (tertiary alicyclic amines) is 1. The highest BCUT2D eigenvalue weighted by atomic mass is 19.1. The molecule has 1 aromatic rings. The van der Waals surface area contributed by atoms with Crippen LogP contribution < -0.4 is 0 Å². The van der Waals surface area contributed by atoms with Crippen molar-refractivity contribution in [1.82, 2.24) is 4.90 Å². The highest BCUT2D eigenvalue weighted by Crippen LogP contribution is 2.11. The molecule has 0 aromatic heterocycles. The van der Waals surface area contributed by atoms with Crippen LogP contribution >= 0.6 is 0 Å². The molecule has 1 aliphatic heterocycles. The zero-order valence-corrected chi connectivity index (χ0v) is 9.99. The number of Topliss-reactive ketones (excluding diaryl/α,β-unsaturated/α-hetero) is 1. The smallest absolute Gasteiger partial charge is 0.162 e. The van der Waals surface area contributed by atoms with Gasteiger partial charge in [0.25, 0.3) is 0 Å². The van der Waals surface area contributed by atoms with Crippen LogP contribution in [0.4, 0.5) is 4.39 Å². The fourth-order valence-electron chi connectivity index (χ4n) is 2.25. The lowest BCUT2D eigenvalue weighted by molar-refractivity contribution is 0.0976. The van der Waals surface area contributed by atoms with E-state index in [9.17, 15) is 9.18 Å². The van der Waals surface area contributed by atoms with Gasteiger partial charge in [0.15, 0.2) is 5.78 Å². The molecule has 2 rings (SSSR count). The van der Waals surface area contributed by atoms with Gasteiger partial charge in [-0.2, -0.15) is 0 Å². The van der Waals surface area contributed by atoms with Gasteiger partial charge in [0.05, 0.1) is 0 Å². The van der Waals surface area contributed by atoms with Gasteiger partial charge >= 0.3 is 0 Å². The molecule has 92 valence electrons. The monoisotopic (exact) mass is 235 g/mol. The number of nitrogens with zero attached hydrogens (tertiary/aromatic N) is 1. The van der Waals surface area contributed by atoms with Crippen LogP contribution in [0.1, 0.15) is 36.0 Å². The minimum Gasteiger partial charge on any atom is -0.303 e. The summed E-state index contributed by atoms with van der Waals surface area (Å²) in [5, 5.41) is 0. The number of hydrogen-bond donors (Lipinski definition) is 0. The van der Waals surface area contributed by atoms with Crippen molar-refractivity contribution in [1.29, 1.82) is 0 Å². The Labute approximate surface area is 101 Å². The quantitative estimate of drug-likeness (QED) is 0.731. The first-order chi connectivity index (χ1) is 8.25. The molecule has 1 aromatic carbocycles. The van der Waals surface area contributed by atoms with Crippen LogP contribution in [-0.4, -0.2) is 30.3 Å². The summed E-state index contributed by atoms with van der Waals surface area (Å²) in [7, 11) is 0. The van der Waals surface area contributed by atoms with Crippen molar-refractivity contribution in [3.63, 3.8) is 0 Å². The lowest BCUT2D eigenvalue weighted by atomic mass is 10.1. The minimum absolute atomic E-state index is 0.115. The molecule has 1 aliphatic rings. The van der Waals surface area contributed by atoms with E-state index in [1.54, 1.807) is 12.1 Å². The van der Waals surface area contributed by atoms with Crippen LogP contribution in [0.2, 0.25) is 0 Å². The summed E-state index contributed by atoms with van der Waals surface area (Å²) in [5.74, 6) is -0.178. The Bertz CT molecular complexity index is 368. The molecule has 0 unspecified atom stereocenters. The fraction of sp³-hybridized carbons (Fsp3) is 0.500. The Morgan fingerprint density at radius 3 is 2.47 bits per heavy atom. The van der Waals surface area contributed by atoms with Crippen LogP contribution in [0, 0.1) is 5.82 Å². The summed E-state index contributed by atoms with van der Waals surface area (Å²) < 4.78 is 12.7. The Hall–Kier alpha value is -1.22. The molecule has 1 fully saturated rings. The maximum absolute atomic E-state index is 12.7. The maximum Gasteiger partial charge on any atom is 0.162 e. The number of benzene rings is 1. The van der Waals surface area contributed by atoms with E-state index in [1.165, 1.54) is 38.1 Å². The van der Waals surface area contributed by atoms with Gasteiger partial charge in [-0.3, -0.25) is 4.79 Å². The first-order valence-electron chi connectivity index (χ1n) is 6.27. The third-order valence-electron chi connectivity index (χ3n) is 3.24. The lowest BCUT2D eigenvalue weighted by Gasteiger charge is -2.13. The highest BCUT2D eigenvalue weighted by Gasteiger charge is 2.12. The Morgan fingerprint density at radius 2 is 1.82 bits per heavy atom. The van der Waals surface area contributed by atoms with Gasteiger partial charge in [-0.25, -0.2) is 4.39 Å². The molecule has 0 atom stereocenters. The topological polar surface area (TPSA) is 20.3 Å². The second-order valence-electron chi connectivity index (χ2n) is 4.58. The molecular weight excluding hydrogens is 217 g/mol. The number of carbonyl (C=O) groups excluding carboxylic acids is 1. The molecular formula is C14H18FNO. The zero-order chi connectivity index (χ0) is 12.1. The summed E-state index contributed by atoms with van der Waals surface area (Å²) in [4.78, 5) is 14.2. The molecule has 0 saturated carbocycles. The normalized spacial score (nSPS) is 16.3. The van der Waals surface area contributed by atoms with Gasteiger partial charge in [0.2, 0.25) is 0 Å². The molecule has 0 amide bonds.